The van der Waals surface area contributed by atoms with Crippen LogP contribution < -0.4 is 11.2 Å². The molecular formula is C6H11N3O2. The summed E-state index contributed by atoms with van der Waals surface area (Å²) in [6, 6.07) is -0.911. The Labute approximate surface area is 64.5 Å². The average Bonchev–Trinajstić information content (AvgIpc) is 2.19. The van der Waals surface area contributed by atoms with E-state index in [2.05, 4.69) is 5.32 Å². The van der Waals surface area contributed by atoms with Gasteiger partial charge >= 0.3 is 6.03 Å². The lowest BCUT2D eigenvalue weighted by molar-refractivity contribution is -0.127. The summed E-state index contributed by atoms with van der Waals surface area (Å²) in [6.45, 7) is 1.94. The highest BCUT2D eigenvalue weighted by Crippen LogP contribution is 2.06. The second kappa shape index (κ2) is 2.87. The van der Waals surface area contributed by atoms with E-state index in [-0.39, 0.29) is 5.91 Å². The Kier molecular flexibility index (Phi) is 2.09. The number of urea groups is 1. The Morgan fingerprint density at radius 1 is 1.64 bits per heavy atom. The van der Waals surface area contributed by atoms with Crippen molar-refractivity contribution in [3.63, 3.8) is 0 Å². The van der Waals surface area contributed by atoms with Crippen LogP contribution in [0.5, 0.6) is 0 Å². The van der Waals surface area contributed by atoms with E-state index in [1.165, 1.54) is 0 Å². The lowest BCUT2D eigenvalue weighted by Gasteiger charge is -2.03. The molecule has 1 aliphatic rings. The second-order valence-corrected chi connectivity index (χ2v) is 2.50. The highest BCUT2D eigenvalue weighted by atomic mass is 16.2. The van der Waals surface area contributed by atoms with Gasteiger partial charge in [0.2, 0.25) is 0 Å². The first-order valence-corrected chi connectivity index (χ1v) is 3.56. The molecule has 0 aromatic rings. The number of rotatable bonds is 2. The van der Waals surface area contributed by atoms with E-state index in [9.17, 15) is 9.59 Å². The molecule has 62 valence electrons. The minimum Gasteiger partial charge on any atom is -0.325 e. The van der Waals surface area contributed by atoms with Crippen LogP contribution in [0.3, 0.4) is 0 Å². The van der Waals surface area contributed by atoms with E-state index in [1.54, 1.807) is 0 Å². The summed E-state index contributed by atoms with van der Waals surface area (Å²) in [5, 5.41) is 3.09. The summed E-state index contributed by atoms with van der Waals surface area (Å²) in [7, 11) is 0. The van der Waals surface area contributed by atoms with Gasteiger partial charge in [0.15, 0.2) is 0 Å². The predicted octanol–water partition coefficient (Wildman–Crippen LogP) is -0.419. The van der Waals surface area contributed by atoms with E-state index >= 15 is 0 Å². The highest BCUT2D eigenvalue weighted by molar-refractivity contribution is 6.03. The Hall–Kier alpha value is -1.10. The lowest BCUT2D eigenvalue weighted by Crippen LogP contribution is -2.37. The van der Waals surface area contributed by atoms with Crippen molar-refractivity contribution < 1.29 is 9.59 Å². The van der Waals surface area contributed by atoms with Crippen molar-refractivity contribution in [3.05, 3.63) is 0 Å². The van der Waals surface area contributed by atoms with Gasteiger partial charge in [-0.25, -0.2) is 10.6 Å². The van der Waals surface area contributed by atoms with Crippen molar-refractivity contribution in [2.75, 3.05) is 0 Å². The third kappa shape index (κ3) is 1.32. The zero-order valence-corrected chi connectivity index (χ0v) is 6.33. The third-order valence-corrected chi connectivity index (χ3v) is 1.63. The van der Waals surface area contributed by atoms with Crippen molar-refractivity contribution in [3.8, 4) is 0 Å². The van der Waals surface area contributed by atoms with Gasteiger partial charge in [0.05, 0.1) is 0 Å². The first-order valence-electron chi connectivity index (χ1n) is 3.56. The molecule has 0 radical (unpaired) electrons. The summed E-state index contributed by atoms with van der Waals surface area (Å²) in [5.41, 5.74) is 0. The van der Waals surface area contributed by atoms with Crippen molar-refractivity contribution >= 4 is 11.9 Å². The fourth-order valence-electron chi connectivity index (χ4n) is 1.03. The summed E-state index contributed by atoms with van der Waals surface area (Å²) in [6.07, 6.45) is 1.50. The van der Waals surface area contributed by atoms with Crippen LogP contribution in [0.1, 0.15) is 19.8 Å². The molecule has 0 saturated carbocycles. The monoisotopic (exact) mass is 157 g/mol. The second-order valence-electron chi connectivity index (χ2n) is 2.50. The van der Waals surface area contributed by atoms with Gasteiger partial charge in [-0.15, -0.1) is 0 Å². The Bertz CT molecular complexity index is 192. The lowest BCUT2D eigenvalue weighted by atomic mass is 10.2. The third-order valence-electron chi connectivity index (χ3n) is 1.63. The summed E-state index contributed by atoms with van der Waals surface area (Å²) >= 11 is 0. The van der Waals surface area contributed by atoms with Crippen LogP contribution in [-0.2, 0) is 4.79 Å². The molecule has 5 nitrogen and oxygen atoms in total. The van der Waals surface area contributed by atoms with Gasteiger partial charge in [0.1, 0.15) is 6.04 Å². The van der Waals surface area contributed by atoms with Crippen LogP contribution in [0.2, 0.25) is 0 Å². The molecule has 0 bridgehead atoms. The van der Waals surface area contributed by atoms with Gasteiger partial charge in [-0.2, -0.15) is 5.01 Å². The van der Waals surface area contributed by atoms with Gasteiger partial charge in [-0.1, -0.05) is 13.3 Å². The zero-order valence-electron chi connectivity index (χ0n) is 6.33. The first kappa shape index (κ1) is 8.00. The molecule has 5 heteroatoms. The van der Waals surface area contributed by atoms with E-state index in [4.69, 9.17) is 5.84 Å². The fraction of sp³-hybridized carbons (Fsp3) is 0.667. The van der Waals surface area contributed by atoms with Gasteiger partial charge in [0, 0.05) is 0 Å². The van der Waals surface area contributed by atoms with Crippen molar-refractivity contribution in [2.24, 2.45) is 5.84 Å². The summed E-state index contributed by atoms with van der Waals surface area (Å²) in [5.74, 6) is 4.78. The van der Waals surface area contributed by atoms with Crippen molar-refractivity contribution in [1.82, 2.24) is 10.3 Å². The van der Waals surface area contributed by atoms with Gasteiger partial charge in [-0.3, -0.25) is 4.79 Å². The van der Waals surface area contributed by atoms with Gasteiger partial charge < -0.3 is 5.32 Å². The Balaban J connectivity index is 2.60. The molecular weight excluding hydrogens is 146 g/mol. The fourth-order valence-corrected chi connectivity index (χ4v) is 1.03. The molecule has 1 rings (SSSR count). The molecule has 1 fully saturated rings. The number of nitrogens with two attached hydrogens (primary N) is 1. The first-order chi connectivity index (χ1) is 5.16. The molecule has 0 spiro atoms. The highest BCUT2D eigenvalue weighted by Gasteiger charge is 2.35. The number of hydrogen-bond donors (Lipinski definition) is 2. The maximum absolute atomic E-state index is 11.0. The molecule has 3 amide bonds. The summed E-state index contributed by atoms with van der Waals surface area (Å²) < 4.78 is 0. The molecule has 1 aliphatic heterocycles. The predicted molar refractivity (Wildman–Crippen MR) is 38.3 cm³/mol. The maximum Gasteiger partial charge on any atom is 0.339 e. The smallest absolute Gasteiger partial charge is 0.325 e. The molecule has 1 heterocycles. The Morgan fingerprint density at radius 3 is 2.64 bits per heavy atom. The number of carbonyl (C=O) groups is 2. The number of nitrogens with one attached hydrogen (secondary N) is 1. The van der Waals surface area contributed by atoms with Crippen LogP contribution in [0.25, 0.3) is 0 Å². The number of carbonyl (C=O) groups excluding carboxylic acids is 2. The van der Waals surface area contributed by atoms with Gasteiger partial charge in [-0.05, 0) is 6.42 Å². The quantitative estimate of drug-likeness (QED) is 0.325. The van der Waals surface area contributed by atoms with E-state index < -0.39 is 12.1 Å². The maximum atomic E-state index is 11.0. The molecule has 3 N–H and O–H groups in total. The SMILES string of the molecule is CCCC1NC(=O)N(N)C1=O. The topological polar surface area (TPSA) is 75.4 Å². The van der Waals surface area contributed by atoms with Crippen LogP contribution in [0, 0.1) is 0 Å². The normalized spacial score (nSPS) is 24.2. The molecule has 1 saturated heterocycles. The molecule has 1 atom stereocenters. The largest absolute Gasteiger partial charge is 0.339 e. The van der Waals surface area contributed by atoms with Crippen LogP contribution in [-0.4, -0.2) is 23.0 Å². The molecule has 0 aliphatic carbocycles. The minimum absolute atomic E-state index is 0.336. The Morgan fingerprint density at radius 2 is 2.27 bits per heavy atom. The molecule has 0 aromatic heterocycles. The van der Waals surface area contributed by atoms with Crippen molar-refractivity contribution in [2.45, 2.75) is 25.8 Å². The number of nitrogens with zero attached hydrogens (tertiary/aromatic N) is 1. The number of imide groups is 1. The van der Waals surface area contributed by atoms with E-state index in [1.807, 2.05) is 6.92 Å². The van der Waals surface area contributed by atoms with E-state index in [0.717, 1.165) is 6.42 Å². The number of hydrogen-bond acceptors (Lipinski definition) is 3. The standard InChI is InChI=1S/C6H11N3O2/c1-2-3-4-5(10)9(7)6(11)8-4/h4H,2-3,7H2,1H3,(H,8,11). The van der Waals surface area contributed by atoms with E-state index in [0.29, 0.717) is 11.4 Å². The zero-order chi connectivity index (χ0) is 8.43. The molecule has 11 heavy (non-hydrogen) atoms. The van der Waals surface area contributed by atoms with Crippen molar-refractivity contribution in [1.29, 1.82) is 0 Å². The number of hydrazine groups is 1. The number of amides is 3. The molecule has 0 aromatic carbocycles. The van der Waals surface area contributed by atoms with Crippen LogP contribution in [0.15, 0.2) is 0 Å². The van der Waals surface area contributed by atoms with Crippen LogP contribution in [0.4, 0.5) is 4.79 Å². The molecule has 1 unspecified atom stereocenters. The minimum atomic E-state index is -0.506. The van der Waals surface area contributed by atoms with Gasteiger partial charge in [0.25, 0.3) is 5.91 Å². The van der Waals surface area contributed by atoms with Crippen LogP contribution >= 0.6 is 0 Å². The summed E-state index contributed by atoms with van der Waals surface area (Å²) in [4.78, 5) is 21.8. The average molecular weight is 157 g/mol.